The monoisotopic (exact) mass is 173 g/mol. The van der Waals surface area contributed by atoms with Crippen LogP contribution in [-0.4, -0.2) is 29.0 Å². The number of carbonyl (C=O) groups is 1. The van der Waals surface area contributed by atoms with Crippen molar-refractivity contribution in [1.29, 1.82) is 5.41 Å². The molecule has 0 heterocycles. The van der Waals surface area contributed by atoms with E-state index in [9.17, 15) is 9.90 Å². The van der Waals surface area contributed by atoms with Crippen molar-refractivity contribution in [2.75, 3.05) is 6.61 Å². The summed E-state index contributed by atoms with van der Waals surface area (Å²) in [6, 6.07) is 0. The van der Waals surface area contributed by atoms with Crippen molar-refractivity contribution in [2.24, 2.45) is 0 Å². The first-order chi connectivity index (χ1) is 5.40. The van der Waals surface area contributed by atoms with Crippen molar-refractivity contribution in [3.63, 3.8) is 0 Å². The van der Waals surface area contributed by atoms with Crippen LogP contribution in [-0.2, 0) is 9.53 Å². The zero-order valence-electron chi connectivity index (χ0n) is 7.68. The summed E-state index contributed by atoms with van der Waals surface area (Å²) < 4.78 is 4.62. The van der Waals surface area contributed by atoms with Crippen molar-refractivity contribution in [2.45, 2.75) is 32.8 Å². The fourth-order valence-corrected chi connectivity index (χ4v) is 0.875. The maximum atomic E-state index is 11.0. The molecule has 0 fully saturated rings. The summed E-state index contributed by atoms with van der Waals surface area (Å²) in [6.45, 7) is 4.80. The summed E-state index contributed by atoms with van der Waals surface area (Å²) in [7, 11) is 0. The Bertz CT molecular complexity index is 187. The van der Waals surface area contributed by atoms with Crippen LogP contribution in [0.15, 0.2) is 0 Å². The first-order valence-electron chi connectivity index (χ1n) is 3.83. The lowest BCUT2D eigenvalue weighted by atomic mass is 10.0. The number of rotatable bonds is 4. The number of ether oxygens (including phenoxy) is 1. The number of hydrogen-bond acceptors (Lipinski definition) is 4. The number of nitrogens with one attached hydrogen (secondary N) is 1. The lowest BCUT2D eigenvalue weighted by molar-refractivity contribution is -0.162. The van der Waals surface area contributed by atoms with E-state index in [1.807, 2.05) is 0 Å². The van der Waals surface area contributed by atoms with Crippen LogP contribution in [0.1, 0.15) is 27.2 Å². The molecule has 0 aliphatic rings. The molecule has 12 heavy (non-hydrogen) atoms. The van der Waals surface area contributed by atoms with Gasteiger partial charge in [0.05, 0.1) is 6.61 Å². The third kappa shape index (κ3) is 3.48. The van der Waals surface area contributed by atoms with Crippen LogP contribution in [0, 0.1) is 5.41 Å². The summed E-state index contributed by atoms with van der Waals surface area (Å²) in [4.78, 5) is 11.0. The molecule has 1 atom stereocenters. The second-order valence-electron chi connectivity index (χ2n) is 2.95. The molecular formula is C8H15NO3. The molecule has 0 bridgehead atoms. The van der Waals surface area contributed by atoms with E-state index in [4.69, 9.17) is 5.41 Å². The zero-order valence-corrected chi connectivity index (χ0v) is 7.68. The molecule has 0 aromatic rings. The molecule has 0 aromatic carbocycles. The van der Waals surface area contributed by atoms with Crippen molar-refractivity contribution >= 4 is 11.7 Å². The summed E-state index contributed by atoms with van der Waals surface area (Å²) in [5, 5.41) is 16.6. The molecular weight excluding hydrogens is 158 g/mol. The van der Waals surface area contributed by atoms with Crippen molar-refractivity contribution in [3.05, 3.63) is 0 Å². The van der Waals surface area contributed by atoms with Crippen LogP contribution < -0.4 is 0 Å². The second kappa shape index (κ2) is 4.21. The van der Waals surface area contributed by atoms with Gasteiger partial charge in [0.1, 0.15) is 0 Å². The zero-order chi connectivity index (χ0) is 9.78. The number of hydrogen-bond donors (Lipinski definition) is 2. The Morgan fingerprint density at radius 3 is 2.50 bits per heavy atom. The Kier molecular flexibility index (Phi) is 3.89. The lowest BCUT2D eigenvalue weighted by Crippen LogP contribution is -2.38. The largest absolute Gasteiger partial charge is 0.464 e. The molecule has 70 valence electrons. The van der Waals surface area contributed by atoms with E-state index in [0.717, 1.165) is 0 Å². The standard InChI is InChI=1S/C8H15NO3/c1-4-12-7(10)8(3,11)5-6(2)9/h9,11H,4-5H2,1-3H3. The molecule has 0 aromatic heterocycles. The van der Waals surface area contributed by atoms with E-state index in [-0.39, 0.29) is 18.7 Å². The van der Waals surface area contributed by atoms with Gasteiger partial charge in [-0.25, -0.2) is 4.79 Å². The van der Waals surface area contributed by atoms with Gasteiger partial charge in [0.25, 0.3) is 0 Å². The van der Waals surface area contributed by atoms with Gasteiger partial charge < -0.3 is 15.3 Å². The summed E-state index contributed by atoms with van der Waals surface area (Å²) in [6.07, 6.45) is 0.0197. The van der Waals surface area contributed by atoms with Gasteiger partial charge in [-0.3, -0.25) is 0 Å². The Balaban J connectivity index is 4.18. The minimum absolute atomic E-state index is 0.0197. The average molecular weight is 173 g/mol. The Hall–Kier alpha value is -0.900. The van der Waals surface area contributed by atoms with E-state index in [2.05, 4.69) is 4.74 Å². The van der Waals surface area contributed by atoms with Crippen molar-refractivity contribution < 1.29 is 14.6 Å². The van der Waals surface area contributed by atoms with Gasteiger partial charge >= 0.3 is 5.97 Å². The molecule has 0 saturated heterocycles. The highest BCUT2D eigenvalue weighted by atomic mass is 16.5. The maximum absolute atomic E-state index is 11.0. The van der Waals surface area contributed by atoms with E-state index < -0.39 is 11.6 Å². The fraction of sp³-hybridized carbons (Fsp3) is 0.750. The van der Waals surface area contributed by atoms with Crippen LogP contribution in [0.2, 0.25) is 0 Å². The van der Waals surface area contributed by atoms with Crippen molar-refractivity contribution in [3.8, 4) is 0 Å². The van der Waals surface area contributed by atoms with Gasteiger partial charge in [0.2, 0.25) is 0 Å². The molecule has 0 saturated carbocycles. The third-order valence-corrected chi connectivity index (χ3v) is 1.32. The predicted octanol–water partition coefficient (Wildman–Crippen LogP) is 0.730. The highest BCUT2D eigenvalue weighted by Gasteiger charge is 2.31. The van der Waals surface area contributed by atoms with Gasteiger partial charge in [-0.2, -0.15) is 0 Å². The summed E-state index contributed by atoms with van der Waals surface area (Å²) >= 11 is 0. The molecule has 4 nitrogen and oxygen atoms in total. The molecule has 1 unspecified atom stereocenters. The minimum Gasteiger partial charge on any atom is -0.464 e. The molecule has 0 amide bonds. The molecule has 0 aliphatic heterocycles. The SMILES string of the molecule is CCOC(=O)C(C)(O)CC(C)=N. The van der Waals surface area contributed by atoms with E-state index in [0.29, 0.717) is 0 Å². The fourth-order valence-electron chi connectivity index (χ4n) is 0.875. The van der Waals surface area contributed by atoms with Crippen LogP contribution in [0.4, 0.5) is 0 Å². The third-order valence-electron chi connectivity index (χ3n) is 1.32. The Labute approximate surface area is 72.0 Å². The Morgan fingerprint density at radius 2 is 2.17 bits per heavy atom. The van der Waals surface area contributed by atoms with Crippen LogP contribution in [0.25, 0.3) is 0 Å². The molecule has 0 spiro atoms. The minimum atomic E-state index is -1.55. The van der Waals surface area contributed by atoms with E-state index >= 15 is 0 Å². The van der Waals surface area contributed by atoms with E-state index in [1.165, 1.54) is 13.8 Å². The number of carbonyl (C=O) groups excluding carboxylic acids is 1. The van der Waals surface area contributed by atoms with Gasteiger partial charge in [-0.05, 0) is 20.8 Å². The predicted molar refractivity (Wildman–Crippen MR) is 45.3 cm³/mol. The normalized spacial score (nSPS) is 15.0. The summed E-state index contributed by atoms with van der Waals surface area (Å²) in [5.41, 5.74) is -1.30. The molecule has 4 heteroatoms. The van der Waals surface area contributed by atoms with Crippen molar-refractivity contribution in [1.82, 2.24) is 0 Å². The smallest absolute Gasteiger partial charge is 0.338 e. The molecule has 0 rings (SSSR count). The highest BCUT2D eigenvalue weighted by Crippen LogP contribution is 2.11. The lowest BCUT2D eigenvalue weighted by Gasteiger charge is -2.19. The van der Waals surface area contributed by atoms with Crippen LogP contribution in [0.5, 0.6) is 0 Å². The van der Waals surface area contributed by atoms with Crippen LogP contribution in [0.3, 0.4) is 0 Å². The van der Waals surface area contributed by atoms with E-state index in [1.54, 1.807) is 6.92 Å². The van der Waals surface area contributed by atoms with Gasteiger partial charge in [-0.15, -0.1) is 0 Å². The van der Waals surface area contributed by atoms with Crippen LogP contribution >= 0.6 is 0 Å². The van der Waals surface area contributed by atoms with Gasteiger partial charge in [0, 0.05) is 12.1 Å². The highest BCUT2D eigenvalue weighted by molar-refractivity contribution is 5.88. The number of esters is 1. The molecule has 0 aliphatic carbocycles. The molecule has 2 N–H and O–H groups in total. The van der Waals surface area contributed by atoms with Gasteiger partial charge in [0.15, 0.2) is 5.60 Å². The number of aliphatic hydroxyl groups is 1. The quantitative estimate of drug-likeness (QED) is 0.486. The second-order valence-corrected chi connectivity index (χ2v) is 2.95. The average Bonchev–Trinajstić information content (AvgIpc) is 1.85. The molecule has 0 radical (unpaired) electrons. The maximum Gasteiger partial charge on any atom is 0.338 e. The first-order valence-corrected chi connectivity index (χ1v) is 3.83. The Morgan fingerprint density at radius 1 is 1.67 bits per heavy atom. The summed E-state index contributed by atoms with van der Waals surface area (Å²) in [5.74, 6) is -0.670. The first kappa shape index (κ1) is 11.1. The van der Waals surface area contributed by atoms with Gasteiger partial charge in [-0.1, -0.05) is 0 Å². The topological polar surface area (TPSA) is 70.4 Å².